The second-order valence-electron chi connectivity index (χ2n) is 9.64. The summed E-state index contributed by atoms with van der Waals surface area (Å²) >= 11 is 12.8. The molecule has 198 valence electrons. The lowest BCUT2D eigenvalue weighted by atomic mass is 10.1. The zero-order valence-electron chi connectivity index (χ0n) is 21.6. The number of nitrogens with one attached hydrogen (secondary N) is 1. The van der Waals surface area contributed by atoms with Crippen LogP contribution in [-0.2, 0) is 32.6 Å². The van der Waals surface area contributed by atoms with Crippen molar-refractivity contribution < 1.29 is 18.0 Å². The van der Waals surface area contributed by atoms with E-state index in [1.54, 1.807) is 37.3 Å². The standard InChI is InChI=1S/C26H35Cl2N3O4S/c1-7-18-12-9-10-15-23(18)31(36(6,34)35)17-24(32)30(16-19-20(27)13-11-14-21(19)28)22(8-2)25(33)29-26(3,4)5/h9-15,22H,7-8,16-17H2,1-6H3,(H,29,33)/t22-/m0/s1. The molecule has 36 heavy (non-hydrogen) atoms. The first-order chi connectivity index (χ1) is 16.7. The molecule has 0 heterocycles. The minimum absolute atomic E-state index is 0.0551. The minimum Gasteiger partial charge on any atom is -0.350 e. The first-order valence-corrected chi connectivity index (χ1v) is 14.4. The number of anilines is 1. The van der Waals surface area contributed by atoms with E-state index in [-0.39, 0.29) is 12.5 Å². The predicted molar refractivity (Wildman–Crippen MR) is 147 cm³/mol. The number of rotatable bonds is 10. The van der Waals surface area contributed by atoms with E-state index in [1.165, 1.54) is 4.90 Å². The van der Waals surface area contributed by atoms with E-state index in [0.717, 1.165) is 16.1 Å². The van der Waals surface area contributed by atoms with Crippen molar-refractivity contribution in [3.8, 4) is 0 Å². The van der Waals surface area contributed by atoms with Gasteiger partial charge in [0.1, 0.15) is 12.6 Å². The van der Waals surface area contributed by atoms with Gasteiger partial charge >= 0.3 is 0 Å². The van der Waals surface area contributed by atoms with E-state index < -0.39 is 34.1 Å². The summed E-state index contributed by atoms with van der Waals surface area (Å²) in [6.07, 6.45) is 1.95. The predicted octanol–water partition coefficient (Wildman–Crippen LogP) is 5.04. The van der Waals surface area contributed by atoms with E-state index in [9.17, 15) is 18.0 Å². The molecular formula is C26H35Cl2N3O4S. The minimum atomic E-state index is -3.82. The van der Waals surface area contributed by atoms with Gasteiger partial charge in [-0.3, -0.25) is 13.9 Å². The van der Waals surface area contributed by atoms with Crippen LogP contribution in [-0.4, -0.2) is 49.5 Å². The molecular weight excluding hydrogens is 521 g/mol. The number of para-hydroxylation sites is 1. The van der Waals surface area contributed by atoms with Gasteiger partial charge in [0.25, 0.3) is 0 Å². The zero-order valence-corrected chi connectivity index (χ0v) is 24.0. The molecule has 0 saturated heterocycles. The first-order valence-electron chi connectivity index (χ1n) is 11.8. The Morgan fingerprint density at radius 1 is 1.00 bits per heavy atom. The SMILES string of the molecule is CCc1ccccc1N(CC(=O)N(Cc1c(Cl)cccc1Cl)[C@@H](CC)C(=O)NC(C)(C)C)S(C)(=O)=O. The fraction of sp³-hybridized carbons (Fsp3) is 0.462. The summed E-state index contributed by atoms with van der Waals surface area (Å²) in [6, 6.07) is 11.2. The van der Waals surface area contributed by atoms with Gasteiger partial charge < -0.3 is 10.2 Å². The van der Waals surface area contributed by atoms with Crippen molar-refractivity contribution in [2.24, 2.45) is 0 Å². The van der Waals surface area contributed by atoms with Crippen LogP contribution < -0.4 is 9.62 Å². The van der Waals surface area contributed by atoms with E-state index >= 15 is 0 Å². The number of hydrogen-bond acceptors (Lipinski definition) is 4. The van der Waals surface area contributed by atoms with Crippen LogP contribution in [0.2, 0.25) is 10.0 Å². The Balaban J connectivity index is 2.56. The van der Waals surface area contributed by atoms with Crippen molar-refractivity contribution >= 4 is 50.7 Å². The van der Waals surface area contributed by atoms with Gasteiger partial charge in [-0.25, -0.2) is 8.42 Å². The lowest BCUT2D eigenvalue weighted by molar-refractivity contribution is -0.141. The maximum atomic E-state index is 13.8. The fourth-order valence-corrected chi connectivity index (χ4v) is 5.27. The van der Waals surface area contributed by atoms with Crippen LogP contribution in [0.1, 0.15) is 52.2 Å². The molecule has 1 N–H and O–H groups in total. The molecule has 0 aliphatic rings. The molecule has 2 aromatic carbocycles. The number of nitrogens with zero attached hydrogens (tertiary/aromatic N) is 2. The number of carbonyl (C=O) groups excluding carboxylic acids is 2. The molecule has 0 aliphatic heterocycles. The van der Waals surface area contributed by atoms with Gasteiger partial charge in [0, 0.05) is 27.7 Å². The highest BCUT2D eigenvalue weighted by Gasteiger charge is 2.34. The van der Waals surface area contributed by atoms with Crippen molar-refractivity contribution in [3.05, 3.63) is 63.6 Å². The molecule has 0 radical (unpaired) electrons. The molecule has 2 rings (SSSR count). The van der Waals surface area contributed by atoms with Gasteiger partial charge in [-0.15, -0.1) is 0 Å². The summed E-state index contributed by atoms with van der Waals surface area (Å²) in [4.78, 5) is 28.4. The Hall–Kier alpha value is -2.29. The topological polar surface area (TPSA) is 86.8 Å². The Kier molecular flexibility index (Phi) is 10.2. The van der Waals surface area contributed by atoms with Crippen molar-refractivity contribution in [2.45, 2.75) is 65.6 Å². The monoisotopic (exact) mass is 555 g/mol. The van der Waals surface area contributed by atoms with Crippen molar-refractivity contribution in [3.63, 3.8) is 0 Å². The Labute approximate surface area is 224 Å². The Bertz CT molecular complexity index is 1180. The highest BCUT2D eigenvalue weighted by molar-refractivity contribution is 7.92. The maximum absolute atomic E-state index is 13.8. The lowest BCUT2D eigenvalue weighted by Gasteiger charge is -2.35. The number of amides is 2. The van der Waals surface area contributed by atoms with Gasteiger partial charge in [-0.1, -0.05) is 61.3 Å². The Morgan fingerprint density at radius 2 is 1.58 bits per heavy atom. The van der Waals surface area contributed by atoms with Crippen molar-refractivity contribution in [1.29, 1.82) is 0 Å². The third-order valence-corrected chi connectivity index (χ3v) is 7.43. The summed E-state index contributed by atoms with van der Waals surface area (Å²) in [5.41, 5.74) is 1.17. The van der Waals surface area contributed by atoms with Crippen LogP contribution in [0.25, 0.3) is 0 Å². The van der Waals surface area contributed by atoms with E-state index in [4.69, 9.17) is 23.2 Å². The van der Waals surface area contributed by atoms with E-state index in [2.05, 4.69) is 5.32 Å². The molecule has 7 nitrogen and oxygen atoms in total. The lowest BCUT2D eigenvalue weighted by Crippen LogP contribution is -2.55. The molecule has 0 aliphatic carbocycles. The van der Waals surface area contributed by atoms with Crippen molar-refractivity contribution in [1.82, 2.24) is 10.2 Å². The number of carbonyl (C=O) groups is 2. The maximum Gasteiger partial charge on any atom is 0.244 e. The highest BCUT2D eigenvalue weighted by atomic mass is 35.5. The molecule has 0 spiro atoms. The first kappa shape index (κ1) is 29.9. The third-order valence-electron chi connectivity index (χ3n) is 5.59. The summed E-state index contributed by atoms with van der Waals surface area (Å²) in [6.45, 7) is 8.72. The van der Waals surface area contributed by atoms with Crippen LogP contribution in [0.15, 0.2) is 42.5 Å². The Morgan fingerprint density at radius 3 is 2.08 bits per heavy atom. The van der Waals surface area contributed by atoms with Crippen LogP contribution >= 0.6 is 23.2 Å². The second kappa shape index (κ2) is 12.3. The van der Waals surface area contributed by atoms with Gasteiger partial charge in [0.15, 0.2) is 0 Å². The average Bonchev–Trinajstić information content (AvgIpc) is 2.77. The van der Waals surface area contributed by atoms with Crippen LogP contribution in [0.5, 0.6) is 0 Å². The number of halogens is 2. The summed E-state index contributed by atoms with van der Waals surface area (Å²) in [5, 5.41) is 3.62. The zero-order chi connectivity index (χ0) is 27.3. The highest BCUT2D eigenvalue weighted by Crippen LogP contribution is 2.28. The number of sulfonamides is 1. The van der Waals surface area contributed by atoms with Gasteiger partial charge in [-0.2, -0.15) is 0 Å². The van der Waals surface area contributed by atoms with Gasteiger partial charge in [0.05, 0.1) is 11.9 Å². The fourth-order valence-electron chi connectivity index (χ4n) is 3.87. The van der Waals surface area contributed by atoms with Gasteiger partial charge in [0.2, 0.25) is 21.8 Å². The quantitative estimate of drug-likeness (QED) is 0.444. The number of hydrogen-bond donors (Lipinski definition) is 1. The smallest absolute Gasteiger partial charge is 0.244 e. The second-order valence-corrected chi connectivity index (χ2v) is 12.4. The molecule has 0 aromatic heterocycles. The van der Waals surface area contributed by atoms with Crippen molar-refractivity contribution in [2.75, 3.05) is 17.1 Å². The molecule has 0 bridgehead atoms. The molecule has 1 atom stereocenters. The summed E-state index contributed by atoms with van der Waals surface area (Å²) in [5.74, 6) is -0.889. The number of aryl methyl sites for hydroxylation is 1. The normalized spacial score (nSPS) is 12.7. The van der Waals surface area contributed by atoms with Crippen LogP contribution in [0.4, 0.5) is 5.69 Å². The number of benzene rings is 2. The molecule has 0 fully saturated rings. The summed E-state index contributed by atoms with van der Waals surface area (Å²) in [7, 11) is -3.82. The van der Waals surface area contributed by atoms with Crippen LogP contribution in [0.3, 0.4) is 0 Å². The van der Waals surface area contributed by atoms with E-state index in [0.29, 0.717) is 34.1 Å². The van der Waals surface area contributed by atoms with Crippen LogP contribution in [0, 0.1) is 0 Å². The summed E-state index contributed by atoms with van der Waals surface area (Å²) < 4.78 is 26.7. The largest absolute Gasteiger partial charge is 0.350 e. The molecule has 2 aromatic rings. The molecule has 2 amide bonds. The molecule has 0 unspecified atom stereocenters. The molecule has 10 heteroatoms. The van der Waals surface area contributed by atoms with E-state index in [1.807, 2.05) is 39.8 Å². The molecule has 0 saturated carbocycles. The third kappa shape index (κ3) is 7.85. The average molecular weight is 557 g/mol. The van der Waals surface area contributed by atoms with Gasteiger partial charge in [-0.05, 0) is 57.4 Å².